The van der Waals surface area contributed by atoms with Crippen LogP contribution in [0, 0.1) is 0 Å². The third-order valence-corrected chi connectivity index (χ3v) is 2.37. The predicted octanol–water partition coefficient (Wildman–Crippen LogP) is 1.56. The molecule has 0 rings (SSSR count). The Balaban J connectivity index is 3.40. The zero-order valence-electron chi connectivity index (χ0n) is 7.67. The number of hydrogen-bond acceptors (Lipinski definition) is 3. The zero-order chi connectivity index (χ0) is 9.40. The Morgan fingerprint density at radius 2 is 2.33 bits per heavy atom. The molecule has 0 aromatic carbocycles. The standard InChI is InChI=1S/C8H17NOS2/c1-7(4-6-12-2)9-8(10)3-5-11/h7,11H,3-6H2,1-2H3,(H,9,10). The Bertz CT molecular complexity index is 130. The minimum atomic E-state index is 0.110. The summed E-state index contributed by atoms with van der Waals surface area (Å²) in [4.78, 5) is 11.0. The van der Waals surface area contributed by atoms with Crippen molar-refractivity contribution in [3.63, 3.8) is 0 Å². The Labute approximate surface area is 84.3 Å². The van der Waals surface area contributed by atoms with E-state index in [-0.39, 0.29) is 5.91 Å². The van der Waals surface area contributed by atoms with Gasteiger partial charge in [-0.3, -0.25) is 4.79 Å². The average molecular weight is 207 g/mol. The van der Waals surface area contributed by atoms with E-state index in [1.807, 2.05) is 6.92 Å². The summed E-state index contributed by atoms with van der Waals surface area (Å²) >= 11 is 5.79. The van der Waals surface area contributed by atoms with E-state index in [9.17, 15) is 4.79 Å². The van der Waals surface area contributed by atoms with Crippen LogP contribution < -0.4 is 5.32 Å². The quantitative estimate of drug-likeness (QED) is 0.647. The van der Waals surface area contributed by atoms with E-state index in [1.165, 1.54) is 0 Å². The number of thiol groups is 1. The van der Waals surface area contributed by atoms with Crippen LogP contribution in [0.1, 0.15) is 19.8 Å². The molecule has 0 fully saturated rings. The van der Waals surface area contributed by atoms with Gasteiger partial charge in [-0.1, -0.05) is 0 Å². The molecule has 0 saturated heterocycles. The molecular formula is C8H17NOS2. The first-order valence-electron chi connectivity index (χ1n) is 4.10. The van der Waals surface area contributed by atoms with Gasteiger partial charge in [-0.05, 0) is 31.1 Å². The van der Waals surface area contributed by atoms with Gasteiger partial charge in [0.1, 0.15) is 0 Å². The molecule has 4 heteroatoms. The van der Waals surface area contributed by atoms with Crippen molar-refractivity contribution in [3.05, 3.63) is 0 Å². The molecule has 0 heterocycles. The number of amides is 1. The number of rotatable bonds is 6. The maximum atomic E-state index is 11.0. The van der Waals surface area contributed by atoms with E-state index in [4.69, 9.17) is 0 Å². The summed E-state index contributed by atoms with van der Waals surface area (Å²) < 4.78 is 0. The van der Waals surface area contributed by atoms with Crippen LogP contribution >= 0.6 is 24.4 Å². The van der Waals surface area contributed by atoms with Gasteiger partial charge in [-0.25, -0.2) is 0 Å². The second kappa shape index (κ2) is 7.80. The third-order valence-electron chi connectivity index (χ3n) is 1.50. The fraction of sp³-hybridized carbons (Fsp3) is 0.875. The first-order valence-corrected chi connectivity index (χ1v) is 6.12. The summed E-state index contributed by atoms with van der Waals surface area (Å²) in [7, 11) is 0. The van der Waals surface area contributed by atoms with Crippen molar-refractivity contribution >= 4 is 30.3 Å². The van der Waals surface area contributed by atoms with E-state index < -0.39 is 0 Å². The summed E-state index contributed by atoms with van der Waals surface area (Å²) in [5, 5.41) is 2.91. The Morgan fingerprint density at radius 3 is 2.83 bits per heavy atom. The van der Waals surface area contributed by atoms with Crippen LogP contribution in [0.15, 0.2) is 0 Å². The first-order chi connectivity index (χ1) is 5.70. The first kappa shape index (κ1) is 12.2. The molecule has 2 nitrogen and oxygen atoms in total. The van der Waals surface area contributed by atoms with Gasteiger partial charge in [-0.15, -0.1) is 0 Å². The van der Waals surface area contributed by atoms with Gasteiger partial charge in [-0.2, -0.15) is 24.4 Å². The highest BCUT2D eigenvalue weighted by Gasteiger charge is 2.04. The highest BCUT2D eigenvalue weighted by molar-refractivity contribution is 7.98. The van der Waals surface area contributed by atoms with E-state index in [0.717, 1.165) is 12.2 Å². The predicted molar refractivity (Wildman–Crippen MR) is 59.1 cm³/mol. The van der Waals surface area contributed by atoms with Gasteiger partial charge in [0.2, 0.25) is 5.91 Å². The number of carbonyl (C=O) groups is 1. The van der Waals surface area contributed by atoms with Gasteiger partial charge in [0.15, 0.2) is 0 Å². The maximum Gasteiger partial charge on any atom is 0.221 e. The van der Waals surface area contributed by atoms with Crippen LogP contribution in [0.4, 0.5) is 0 Å². The summed E-state index contributed by atoms with van der Waals surface area (Å²) in [6.07, 6.45) is 3.63. The molecular weight excluding hydrogens is 190 g/mol. The lowest BCUT2D eigenvalue weighted by molar-refractivity contribution is -0.121. The summed E-state index contributed by atoms with van der Waals surface area (Å²) in [5.41, 5.74) is 0. The lowest BCUT2D eigenvalue weighted by atomic mass is 10.2. The van der Waals surface area contributed by atoms with Crippen LogP contribution in [-0.2, 0) is 4.79 Å². The molecule has 1 N–H and O–H groups in total. The molecule has 0 aliphatic heterocycles. The molecule has 0 bridgehead atoms. The monoisotopic (exact) mass is 207 g/mol. The second-order valence-electron chi connectivity index (χ2n) is 2.72. The maximum absolute atomic E-state index is 11.0. The van der Waals surface area contributed by atoms with Gasteiger partial charge in [0, 0.05) is 12.5 Å². The summed E-state index contributed by atoms with van der Waals surface area (Å²) in [6, 6.07) is 0.296. The Kier molecular flexibility index (Phi) is 7.91. The van der Waals surface area contributed by atoms with Crippen LogP contribution in [0.2, 0.25) is 0 Å². The van der Waals surface area contributed by atoms with Crippen LogP contribution in [0.25, 0.3) is 0 Å². The van der Waals surface area contributed by atoms with E-state index >= 15 is 0 Å². The topological polar surface area (TPSA) is 29.1 Å². The van der Waals surface area contributed by atoms with Crippen molar-refractivity contribution in [2.75, 3.05) is 17.8 Å². The summed E-state index contributed by atoms with van der Waals surface area (Å²) in [6.45, 7) is 2.03. The molecule has 0 saturated carbocycles. The van der Waals surface area contributed by atoms with Crippen molar-refractivity contribution in [1.82, 2.24) is 5.32 Å². The Morgan fingerprint density at radius 1 is 1.67 bits per heavy atom. The van der Waals surface area contributed by atoms with Crippen molar-refractivity contribution < 1.29 is 4.79 Å². The molecule has 72 valence electrons. The normalized spacial score (nSPS) is 12.6. The summed E-state index contributed by atoms with van der Waals surface area (Å²) in [5.74, 6) is 1.84. The van der Waals surface area contributed by atoms with Gasteiger partial charge in [0.05, 0.1) is 0 Å². The fourth-order valence-electron chi connectivity index (χ4n) is 0.815. The van der Waals surface area contributed by atoms with Crippen LogP contribution in [0.3, 0.4) is 0 Å². The van der Waals surface area contributed by atoms with E-state index in [2.05, 4.69) is 24.2 Å². The molecule has 0 aliphatic carbocycles. The van der Waals surface area contributed by atoms with E-state index in [1.54, 1.807) is 11.8 Å². The van der Waals surface area contributed by atoms with Crippen LogP contribution in [-0.4, -0.2) is 29.7 Å². The third kappa shape index (κ3) is 6.85. The van der Waals surface area contributed by atoms with Crippen LogP contribution in [0.5, 0.6) is 0 Å². The smallest absolute Gasteiger partial charge is 0.221 e. The average Bonchev–Trinajstić information content (AvgIpc) is 2.01. The van der Waals surface area contributed by atoms with E-state index in [0.29, 0.717) is 18.2 Å². The molecule has 0 aromatic heterocycles. The molecule has 0 aliphatic rings. The minimum absolute atomic E-state index is 0.110. The lowest BCUT2D eigenvalue weighted by Crippen LogP contribution is -2.32. The molecule has 1 unspecified atom stereocenters. The zero-order valence-corrected chi connectivity index (χ0v) is 9.38. The fourth-order valence-corrected chi connectivity index (χ4v) is 1.61. The molecule has 0 aromatic rings. The molecule has 0 radical (unpaired) electrons. The lowest BCUT2D eigenvalue weighted by Gasteiger charge is -2.12. The highest BCUT2D eigenvalue weighted by atomic mass is 32.2. The number of hydrogen-bond donors (Lipinski definition) is 2. The number of carbonyl (C=O) groups excluding carboxylic acids is 1. The molecule has 12 heavy (non-hydrogen) atoms. The second-order valence-corrected chi connectivity index (χ2v) is 4.16. The minimum Gasteiger partial charge on any atom is -0.354 e. The van der Waals surface area contributed by atoms with Crippen molar-refractivity contribution in [2.45, 2.75) is 25.8 Å². The molecule has 1 amide bonds. The number of thioether (sulfide) groups is 1. The van der Waals surface area contributed by atoms with Crippen molar-refractivity contribution in [3.8, 4) is 0 Å². The molecule has 1 atom stereocenters. The molecule has 0 spiro atoms. The highest BCUT2D eigenvalue weighted by Crippen LogP contribution is 1.99. The van der Waals surface area contributed by atoms with Crippen molar-refractivity contribution in [1.29, 1.82) is 0 Å². The largest absolute Gasteiger partial charge is 0.354 e. The van der Waals surface area contributed by atoms with Gasteiger partial charge >= 0.3 is 0 Å². The van der Waals surface area contributed by atoms with Gasteiger partial charge < -0.3 is 5.32 Å². The van der Waals surface area contributed by atoms with Crippen molar-refractivity contribution in [2.24, 2.45) is 0 Å². The SMILES string of the molecule is CSCCC(C)NC(=O)CCS. The number of nitrogens with one attached hydrogen (secondary N) is 1. The Hall–Kier alpha value is 0.170. The van der Waals surface area contributed by atoms with Gasteiger partial charge in [0.25, 0.3) is 0 Å².